The molecular formula is C14H21N3O3. The third-order valence-electron chi connectivity index (χ3n) is 3.21. The standard InChI is InChI=1S/C14H21N3O3/c1-5-17(14(2,3)12(18)19)13(20)16(4)10-11-7-6-8-15-9-11/h6-9H,5,10H2,1-4H3,(H,18,19). The minimum atomic E-state index is -1.24. The Morgan fingerprint density at radius 3 is 2.50 bits per heavy atom. The lowest BCUT2D eigenvalue weighted by Crippen LogP contribution is -2.56. The number of nitrogens with zero attached hydrogens (tertiary/aromatic N) is 3. The Labute approximate surface area is 119 Å². The summed E-state index contributed by atoms with van der Waals surface area (Å²) in [6, 6.07) is 3.35. The minimum Gasteiger partial charge on any atom is -0.480 e. The van der Waals surface area contributed by atoms with Crippen LogP contribution in [0.1, 0.15) is 26.3 Å². The van der Waals surface area contributed by atoms with E-state index >= 15 is 0 Å². The highest BCUT2D eigenvalue weighted by atomic mass is 16.4. The molecule has 0 saturated carbocycles. The van der Waals surface area contributed by atoms with Crippen molar-refractivity contribution in [3.8, 4) is 0 Å². The second-order valence-electron chi connectivity index (χ2n) is 5.11. The summed E-state index contributed by atoms with van der Waals surface area (Å²) in [5, 5.41) is 9.24. The van der Waals surface area contributed by atoms with Crippen molar-refractivity contribution in [2.24, 2.45) is 0 Å². The van der Waals surface area contributed by atoms with Crippen molar-refractivity contribution in [1.29, 1.82) is 0 Å². The van der Waals surface area contributed by atoms with Gasteiger partial charge in [-0.05, 0) is 32.4 Å². The maximum Gasteiger partial charge on any atom is 0.329 e. The quantitative estimate of drug-likeness (QED) is 0.892. The van der Waals surface area contributed by atoms with Crippen molar-refractivity contribution in [1.82, 2.24) is 14.8 Å². The zero-order chi connectivity index (χ0) is 15.3. The average molecular weight is 279 g/mol. The van der Waals surface area contributed by atoms with Crippen molar-refractivity contribution in [2.45, 2.75) is 32.9 Å². The van der Waals surface area contributed by atoms with E-state index in [2.05, 4.69) is 4.98 Å². The number of carboxylic acids is 1. The van der Waals surface area contributed by atoms with E-state index in [-0.39, 0.29) is 6.03 Å². The summed E-state index contributed by atoms with van der Waals surface area (Å²) in [7, 11) is 1.65. The summed E-state index contributed by atoms with van der Waals surface area (Å²) < 4.78 is 0. The van der Waals surface area contributed by atoms with E-state index in [9.17, 15) is 14.7 Å². The molecule has 6 nitrogen and oxygen atoms in total. The van der Waals surface area contributed by atoms with E-state index in [1.165, 1.54) is 23.6 Å². The van der Waals surface area contributed by atoms with Gasteiger partial charge in [-0.15, -0.1) is 0 Å². The molecule has 0 bridgehead atoms. The van der Waals surface area contributed by atoms with Crippen LogP contribution in [0.2, 0.25) is 0 Å². The summed E-state index contributed by atoms with van der Waals surface area (Å²) in [4.78, 5) is 30.5. The van der Waals surface area contributed by atoms with Crippen LogP contribution < -0.4 is 0 Å². The number of urea groups is 1. The molecule has 1 aromatic heterocycles. The molecule has 0 aliphatic carbocycles. The first-order valence-electron chi connectivity index (χ1n) is 6.45. The first-order chi connectivity index (χ1) is 9.30. The third kappa shape index (κ3) is 3.46. The van der Waals surface area contributed by atoms with Crippen LogP contribution in [0.4, 0.5) is 4.79 Å². The van der Waals surface area contributed by atoms with Crippen molar-refractivity contribution < 1.29 is 14.7 Å². The van der Waals surface area contributed by atoms with E-state index in [0.717, 1.165) is 5.56 Å². The van der Waals surface area contributed by atoms with E-state index < -0.39 is 11.5 Å². The van der Waals surface area contributed by atoms with Crippen LogP contribution in [0.25, 0.3) is 0 Å². The van der Waals surface area contributed by atoms with E-state index in [0.29, 0.717) is 13.1 Å². The third-order valence-corrected chi connectivity index (χ3v) is 3.21. The number of hydrogen-bond donors (Lipinski definition) is 1. The van der Waals surface area contributed by atoms with Crippen molar-refractivity contribution >= 4 is 12.0 Å². The molecule has 0 atom stereocenters. The molecule has 0 saturated heterocycles. The molecule has 110 valence electrons. The molecule has 1 aromatic rings. The van der Waals surface area contributed by atoms with Gasteiger partial charge in [0.1, 0.15) is 5.54 Å². The first kappa shape index (κ1) is 15.9. The van der Waals surface area contributed by atoms with Crippen LogP contribution in [0.15, 0.2) is 24.5 Å². The number of rotatable bonds is 5. The molecule has 1 heterocycles. The summed E-state index contributed by atoms with van der Waals surface area (Å²) in [5.74, 6) is -1.03. The van der Waals surface area contributed by atoms with Gasteiger partial charge in [0.15, 0.2) is 0 Å². The number of carbonyl (C=O) groups excluding carboxylic acids is 1. The smallest absolute Gasteiger partial charge is 0.329 e. The molecule has 1 rings (SSSR count). The van der Waals surface area contributed by atoms with Crippen LogP contribution in [-0.4, -0.2) is 51.0 Å². The lowest BCUT2D eigenvalue weighted by molar-refractivity contribution is -0.147. The monoisotopic (exact) mass is 279 g/mol. The fourth-order valence-corrected chi connectivity index (χ4v) is 1.92. The van der Waals surface area contributed by atoms with Crippen molar-refractivity contribution in [3.63, 3.8) is 0 Å². The molecule has 2 amide bonds. The summed E-state index contributed by atoms with van der Waals surface area (Å²) in [5.41, 5.74) is -0.345. The average Bonchev–Trinajstić information content (AvgIpc) is 2.40. The maximum absolute atomic E-state index is 12.4. The van der Waals surface area contributed by atoms with Gasteiger partial charge in [0.05, 0.1) is 0 Å². The van der Waals surface area contributed by atoms with Crippen LogP contribution in [0.5, 0.6) is 0 Å². The number of aromatic nitrogens is 1. The predicted molar refractivity (Wildman–Crippen MR) is 75.2 cm³/mol. The van der Waals surface area contributed by atoms with E-state index in [4.69, 9.17) is 0 Å². The predicted octanol–water partition coefficient (Wildman–Crippen LogP) is 1.82. The van der Waals surface area contributed by atoms with Crippen LogP contribution in [0, 0.1) is 0 Å². The molecule has 0 radical (unpaired) electrons. The van der Waals surface area contributed by atoms with Gasteiger partial charge in [-0.3, -0.25) is 4.98 Å². The number of carboxylic acid groups (broad SMARTS) is 1. The van der Waals surface area contributed by atoms with Crippen molar-refractivity contribution in [3.05, 3.63) is 30.1 Å². The number of amides is 2. The fourth-order valence-electron chi connectivity index (χ4n) is 1.92. The highest BCUT2D eigenvalue weighted by molar-refractivity contribution is 5.85. The van der Waals surface area contributed by atoms with E-state index in [1.807, 2.05) is 6.07 Å². The Morgan fingerprint density at radius 2 is 2.05 bits per heavy atom. The van der Waals surface area contributed by atoms with E-state index in [1.54, 1.807) is 32.4 Å². The molecule has 0 aliphatic heterocycles. The zero-order valence-electron chi connectivity index (χ0n) is 12.3. The fraction of sp³-hybridized carbons (Fsp3) is 0.500. The molecule has 1 N–H and O–H groups in total. The van der Waals surface area contributed by atoms with Gasteiger partial charge < -0.3 is 14.9 Å². The highest BCUT2D eigenvalue weighted by Crippen LogP contribution is 2.17. The first-order valence-corrected chi connectivity index (χ1v) is 6.45. The van der Waals surface area contributed by atoms with Gasteiger partial charge in [0, 0.05) is 32.5 Å². The molecule has 0 fully saturated rings. The second kappa shape index (κ2) is 6.36. The number of pyridine rings is 1. The number of hydrogen-bond acceptors (Lipinski definition) is 3. The molecule has 0 unspecified atom stereocenters. The number of likely N-dealkylation sites (N-methyl/N-ethyl adjacent to an activating group) is 1. The normalized spacial score (nSPS) is 11.0. The molecular weight excluding hydrogens is 258 g/mol. The van der Waals surface area contributed by atoms with Gasteiger partial charge in [0.2, 0.25) is 0 Å². The molecule has 20 heavy (non-hydrogen) atoms. The maximum atomic E-state index is 12.4. The van der Waals surface area contributed by atoms with Gasteiger partial charge in [-0.2, -0.15) is 0 Å². The van der Waals surface area contributed by atoms with Gasteiger partial charge >= 0.3 is 12.0 Å². The van der Waals surface area contributed by atoms with Crippen LogP contribution >= 0.6 is 0 Å². The lowest BCUT2D eigenvalue weighted by Gasteiger charge is -2.36. The highest BCUT2D eigenvalue weighted by Gasteiger charge is 2.38. The molecule has 0 spiro atoms. The van der Waals surface area contributed by atoms with Crippen molar-refractivity contribution in [2.75, 3.05) is 13.6 Å². The minimum absolute atomic E-state index is 0.316. The summed E-state index contributed by atoms with van der Waals surface area (Å²) in [6.07, 6.45) is 3.35. The summed E-state index contributed by atoms with van der Waals surface area (Å²) in [6.45, 7) is 5.53. The topological polar surface area (TPSA) is 73.7 Å². The molecule has 6 heteroatoms. The van der Waals surface area contributed by atoms with Crippen LogP contribution in [0.3, 0.4) is 0 Å². The Hall–Kier alpha value is -2.11. The Kier molecular flexibility index (Phi) is 5.07. The summed E-state index contributed by atoms with van der Waals surface area (Å²) >= 11 is 0. The van der Waals surface area contributed by atoms with Gasteiger partial charge in [-0.25, -0.2) is 9.59 Å². The Morgan fingerprint density at radius 1 is 1.40 bits per heavy atom. The van der Waals surface area contributed by atoms with Crippen LogP contribution in [-0.2, 0) is 11.3 Å². The Balaban J connectivity index is 2.84. The largest absolute Gasteiger partial charge is 0.480 e. The number of carbonyl (C=O) groups is 2. The van der Waals surface area contributed by atoms with Gasteiger partial charge in [0.25, 0.3) is 0 Å². The zero-order valence-corrected chi connectivity index (χ0v) is 12.3. The second-order valence-corrected chi connectivity index (χ2v) is 5.11. The SMILES string of the molecule is CCN(C(=O)N(C)Cc1cccnc1)C(C)(C)C(=O)O. The molecule has 0 aromatic carbocycles. The van der Waals surface area contributed by atoms with Gasteiger partial charge in [-0.1, -0.05) is 6.07 Å². The Bertz CT molecular complexity index is 474. The number of aliphatic carboxylic acids is 1. The molecule has 0 aliphatic rings. The lowest BCUT2D eigenvalue weighted by atomic mass is 10.0.